The van der Waals surface area contributed by atoms with Gasteiger partial charge in [0.25, 0.3) is 0 Å². The number of hydrogen-bond acceptors (Lipinski definition) is 4. The minimum atomic E-state index is -0.272. The molecule has 5 rings (SSSR count). The Hall–Kier alpha value is -4.29. The van der Waals surface area contributed by atoms with Gasteiger partial charge in [-0.1, -0.05) is 56.4 Å². The molecular weight excluding hydrogens is 497 g/mol. The monoisotopic (exact) mass is 533 g/mol. The minimum absolute atomic E-state index is 0.272. The molecule has 0 unspecified atom stereocenters. The summed E-state index contributed by atoms with van der Waals surface area (Å²) in [6, 6.07) is 10.5. The summed E-state index contributed by atoms with van der Waals surface area (Å²) in [5.41, 5.74) is 14.4. The van der Waals surface area contributed by atoms with Crippen LogP contribution in [0.5, 0.6) is 0 Å². The number of H-pyrrole nitrogens is 1. The van der Waals surface area contributed by atoms with Crippen molar-refractivity contribution in [2.45, 2.75) is 32.6 Å². The van der Waals surface area contributed by atoms with Gasteiger partial charge in [-0.05, 0) is 73.2 Å². The zero-order chi connectivity index (χ0) is 28.1. The van der Waals surface area contributed by atoms with Crippen molar-refractivity contribution in [3.63, 3.8) is 0 Å². The van der Waals surface area contributed by atoms with Crippen LogP contribution in [0.2, 0.25) is 0 Å². The van der Waals surface area contributed by atoms with Crippen molar-refractivity contribution in [2.75, 3.05) is 18.8 Å². The van der Waals surface area contributed by atoms with Gasteiger partial charge in [0.05, 0.1) is 11.7 Å². The summed E-state index contributed by atoms with van der Waals surface area (Å²) in [6.45, 7) is 12.2. The molecule has 1 aliphatic rings. The van der Waals surface area contributed by atoms with E-state index in [1.165, 1.54) is 37.8 Å². The summed E-state index contributed by atoms with van der Waals surface area (Å²) in [5, 5.41) is 4.58. The maximum absolute atomic E-state index is 13.5. The van der Waals surface area contributed by atoms with Crippen LogP contribution in [-0.2, 0) is 0 Å². The molecule has 6 heteroatoms. The van der Waals surface area contributed by atoms with Crippen molar-refractivity contribution in [1.29, 1.82) is 0 Å². The number of allylic oxidation sites excluding steroid dienone is 3. The van der Waals surface area contributed by atoms with E-state index in [1.54, 1.807) is 30.7 Å². The number of aromatic nitrogens is 3. The highest BCUT2D eigenvalue weighted by molar-refractivity contribution is 5.98. The van der Waals surface area contributed by atoms with E-state index in [-0.39, 0.29) is 5.82 Å². The van der Waals surface area contributed by atoms with Gasteiger partial charge in [-0.25, -0.2) is 9.37 Å². The number of halogens is 1. The van der Waals surface area contributed by atoms with Gasteiger partial charge < -0.3 is 16.0 Å². The van der Waals surface area contributed by atoms with Crippen LogP contribution < -0.4 is 11.1 Å². The average molecular weight is 534 g/mol. The number of benzene rings is 1. The summed E-state index contributed by atoms with van der Waals surface area (Å²) < 4.78 is 13.5. The molecule has 0 bridgehead atoms. The first-order chi connectivity index (χ1) is 19.5. The lowest BCUT2D eigenvalue weighted by Gasteiger charge is -2.13. The summed E-state index contributed by atoms with van der Waals surface area (Å²) >= 11 is 0. The third-order valence-corrected chi connectivity index (χ3v) is 7.75. The molecule has 204 valence electrons. The molecule has 1 aromatic carbocycles. The van der Waals surface area contributed by atoms with E-state index < -0.39 is 0 Å². The van der Waals surface area contributed by atoms with Crippen molar-refractivity contribution >= 4 is 27.9 Å². The van der Waals surface area contributed by atoms with E-state index in [2.05, 4.69) is 45.6 Å². The molecule has 0 aliphatic heterocycles. The van der Waals surface area contributed by atoms with Crippen LogP contribution in [0.15, 0.2) is 91.9 Å². The molecule has 3 heterocycles. The van der Waals surface area contributed by atoms with Gasteiger partial charge >= 0.3 is 0 Å². The molecule has 5 nitrogen and oxygen atoms in total. The van der Waals surface area contributed by atoms with Crippen LogP contribution in [0.3, 0.4) is 0 Å². The molecule has 1 aliphatic carbocycles. The largest absolute Gasteiger partial charge is 0.383 e. The van der Waals surface area contributed by atoms with Crippen LogP contribution in [0, 0.1) is 11.7 Å². The van der Waals surface area contributed by atoms with E-state index in [1.807, 2.05) is 25.1 Å². The fourth-order valence-corrected chi connectivity index (χ4v) is 5.44. The second kappa shape index (κ2) is 12.3. The number of hydrogen-bond donors (Lipinski definition) is 3. The second-order valence-corrected chi connectivity index (χ2v) is 10.4. The Bertz CT molecular complexity index is 1590. The predicted molar refractivity (Wildman–Crippen MR) is 165 cm³/mol. The van der Waals surface area contributed by atoms with Gasteiger partial charge in [0.15, 0.2) is 0 Å². The molecule has 4 N–H and O–H groups in total. The molecular formula is C34H36FN5. The van der Waals surface area contributed by atoms with Crippen molar-refractivity contribution in [1.82, 2.24) is 20.3 Å². The molecule has 40 heavy (non-hydrogen) atoms. The van der Waals surface area contributed by atoms with Gasteiger partial charge in [-0.15, -0.1) is 0 Å². The Labute approximate surface area is 235 Å². The summed E-state index contributed by atoms with van der Waals surface area (Å²) in [7, 11) is 0. The van der Waals surface area contributed by atoms with Gasteiger partial charge in [0.2, 0.25) is 0 Å². The van der Waals surface area contributed by atoms with Gasteiger partial charge in [0.1, 0.15) is 11.6 Å². The molecule has 3 aromatic heterocycles. The maximum Gasteiger partial charge on any atom is 0.131 e. The Morgan fingerprint density at radius 3 is 2.65 bits per heavy atom. The number of nitrogens with zero attached hydrogens (tertiary/aromatic N) is 2. The second-order valence-electron chi connectivity index (χ2n) is 10.4. The van der Waals surface area contributed by atoms with Crippen LogP contribution in [0.25, 0.3) is 33.2 Å². The van der Waals surface area contributed by atoms with Gasteiger partial charge in [0, 0.05) is 52.3 Å². The Balaban J connectivity index is 1.40. The predicted octanol–water partition coefficient (Wildman–Crippen LogP) is 7.70. The Kier molecular flexibility index (Phi) is 8.37. The normalized spacial score (nSPS) is 14.7. The van der Waals surface area contributed by atoms with Crippen LogP contribution >= 0.6 is 0 Å². The lowest BCUT2D eigenvalue weighted by Crippen LogP contribution is -2.23. The zero-order valence-electron chi connectivity index (χ0n) is 23.0. The van der Waals surface area contributed by atoms with Crippen molar-refractivity contribution < 1.29 is 4.39 Å². The van der Waals surface area contributed by atoms with E-state index in [0.717, 1.165) is 74.6 Å². The fourth-order valence-electron chi connectivity index (χ4n) is 5.44. The summed E-state index contributed by atoms with van der Waals surface area (Å²) in [5.74, 6) is 0.922. The SMILES string of the molecule is C=C/C(=C\C(=C/C)c1cnc(N)c(C(=C)c2cc3c(-c4ccc(F)cc4)cncc3[nH]2)c1)CNCC1CCCC1. The van der Waals surface area contributed by atoms with E-state index >= 15 is 0 Å². The lowest BCUT2D eigenvalue weighted by molar-refractivity contribution is 0.503. The number of fused-ring (bicyclic) bond motifs is 1. The number of nitrogens with one attached hydrogen (secondary N) is 2. The van der Waals surface area contributed by atoms with Crippen molar-refractivity contribution in [3.05, 3.63) is 115 Å². The highest BCUT2D eigenvalue weighted by Crippen LogP contribution is 2.34. The number of nitrogens with two attached hydrogens (primary N) is 1. The fraction of sp³-hybridized carbons (Fsp3) is 0.235. The average Bonchev–Trinajstić information content (AvgIpc) is 3.65. The van der Waals surface area contributed by atoms with Crippen LogP contribution in [0.1, 0.15) is 49.4 Å². The number of nitrogen functional groups attached to an aromatic ring is 1. The topological polar surface area (TPSA) is 79.6 Å². The number of anilines is 1. The van der Waals surface area contributed by atoms with Gasteiger partial charge in [-0.3, -0.25) is 4.98 Å². The molecule has 0 radical (unpaired) electrons. The molecule has 0 amide bonds. The van der Waals surface area contributed by atoms with E-state index in [9.17, 15) is 4.39 Å². The van der Waals surface area contributed by atoms with E-state index in [4.69, 9.17) is 5.73 Å². The van der Waals surface area contributed by atoms with E-state index in [0.29, 0.717) is 5.82 Å². The molecule has 0 saturated heterocycles. The van der Waals surface area contributed by atoms with Crippen molar-refractivity contribution in [3.8, 4) is 11.1 Å². The first kappa shape index (κ1) is 27.3. The highest BCUT2D eigenvalue weighted by atomic mass is 19.1. The smallest absolute Gasteiger partial charge is 0.131 e. The summed E-state index contributed by atoms with van der Waals surface area (Å²) in [6.07, 6.45) is 16.8. The quantitative estimate of drug-likeness (QED) is 0.183. The number of pyridine rings is 2. The maximum atomic E-state index is 13.5. The van der Waals surface area contributed by atoms with Crippen LogP contribution in [0.4, 0.5) is 10.2 Å². The summed E-state index contributed by atoms with van der Waals surface area (Å²) in [4.78, 5) is 12.3. The van der Waals surface area contributed by atoms with Crippen molar-refractivity contribution in [2.24, 2.45) is 5.92 Å². The zero-order valence-corrected chi connectivity index (χ0v) is 23.0. The lowest BCUT2D eigenvalue weighted by atomic mass is 9.98. The minimum Gasteiger partial charge on any atom is -0.383 e. The van der Waals surface area contributed by atoms with Crippen LogP contribution in [-0.4, -0.2) is 28.0 Å². The standard InChI is InChI=1S/C34H36FN5/c1-4-23(17-37-18-24-8-6-7-9-24)14-25(5-2)27-15-29(34(36)39-19-27)22(3)32-16-30-31(20-38-21-33(30)40-32)26-10-12-28(35)13-11-26/h4-5,10-16,19-21,24,37,40H,1,3,6-9,17-18H2,2H3,(H2,36,39)/b23-14+,25-5+. The first-order valence-electron chi connectivity index (χ1n) is 13.8. The molecule has 1 saturated carbocycles. The molecule has 4 aromatic rings. The Morgan fingerprint density at radius 1 is 1.15 bits per heavy atom. The third kappa shape index (κ3) is 5.97. The first-order valence-corrected chi connectivity index (χ1v) is 13.8. The molecule has 1 fully saturated rings. The highest BCUT2D eigenvalue weighted by Gasteiger charge is 2.16. The Morgan fingerprint density at radius 2 is 1.93 bits per heavy atom. The molecule has 0 spiro atoms. The third-order valence-electron chi connectivity index (χ3n) is 7.75. The molecule has 0 atom stereocenters. The number of rotatable bonds is 10. The van der Waals surface area contributed by atoms with Gasteiger partial charge in [-0.2, -0.15) is 0 Å². The number of aromatic amines is 1.